The second kappa shape index (κ2) is 24.7. The van der Waals surface area contributed by atoms with Gasteiger partial charge in [0.25, 0.3) is 17.7 Å². The third-order valence-electron chi connectivity index (χ3n) is 9.54. The van der Waals surface area contributed by atoms with Gasteiger partial charge in [0, 0.05) is 25.0 Å². The van der Waals surface area contributed by atoms with Crippen molar-refractivity contribution in [3.05, 3.63) is 71.3 Å². The van der Waals surface area contributed by atoms with Gasteiger partial charge in [0.1, 0.15) is 18.1 Å². The van der Waals surface area contributed by atoms with Crippen LogP contribution in [0.25, 0.3) is 0 Å². The molecule has 3 aromatic rings. The monoisotopic (exact) mass is 918 g/mol. The van der Waals surface area contributed by atoms with Crippen molar-refractivity contribution in [1.29, 1.82) is 0 Å². The summed E-state index contributed by atoms with van der Waals surface area (Å²) in [6.07, 6.45) is 5.92. The van der Waals surface area contributed by atoms with Crippen molar-refractivity contribution in [3.8, 4) is 34.5 Å². The Morgan fingerprint density at radius 2 is 0.742 bits per heavy atom. The molecule has 0 aliphatic heterocycles. The minimum atomic E-state index is -1.19. The summed E-state index contributed by atoms with van der Waals surface area (Å²) >= 11 is 4.25. The second-order valence-electron chi connectivity index (χ2n) is 14.4. The van der Waals surface area contributed by atoms with Crippen LogP contribution in [-0.2, 0) is 14.4 Å². The van der Waals surface area contributed by atoms with Gasteiger partial charge < -0.3 is 62.5 Å². The molecule has 3 aromatic carbocycles. The average molecular weight is 919 g/mol. The number of hydrogen-bond donors (Lipinski definition) is 12. The Hall–Kier alpha value is -5.67. The van der Waals surface area contributed by atoms with E-state index in [0.717, 1.165) is 0 Å². The van der Waals surface area contributed by atoms with Crippen LogP contribution in [-0.4, -0.2) is 140 Å². The summed E-state index contributed by atoms with van der Waals surface area (Å²) in [5.74, 6) is -6.60. The van der Waals surface area contributed by atoms with Gasteiger partial charge in [-0.25, -0.2) is 0 Å². The molecular formula is C41H54N6O12S3. The number of aromatic hydroxyl groups is 6. The summed E-state index contributed by atoms with van der Waals surface area (Å²) in [5.41, 5.74) is -1.96. The van der Waals surface area contributed by atoms with Crippen LogP contribution >= 0.6 is 35.3 Å². The molecule has 21 heteroatoms. The Labute approximate surface area is 371 Å². The number of benzene rings is 3. The Bertz CT molecular complexity index is 1830. The molecule has 12 N–H and O–H groups in total. The van der Waals surface area contributed by atoms with E-state index in [2.05, 4.69) is 31.9 Å². The fraction of sp³-hybridized carbons (Fsp3) is 0.415. The smallest absolute Gasteiger partial charge is 0.255 e. The minimum absolute atomic E-state index is 0.166. The number of phenolic OH excluding ortho intramolecular Hbond substituents is 6. The molecule has 0 bridgehead atoms. The molecule has 6 amide bonds. The van der Waals surface area contributed by atoms with Gasteiger partial charge in [-0.05, 0) is 91.7 Å². The van der Waals surface area contributed by atoms with Gasteiger partial charge in [0.15, 0.2) is 34.5 Å². The highest BCUT2D eigenvalue weighted by Crippen LogP contribution is 2.30. The van der Waals surface area contributed by atoms with E-state index in [1.165, 1.54) is 89.9 Å². The normalized spacial score (nSPS) is 12.6. The first-order valence-electron chi connectivity index (χ1n) is 19.2. The molecule has 3 rings (SSSR count). The molecule has 0 unspecified atom stereocenters. The molecule has 3 atom stereocenters. The topological polar surface area (TPSA) is 296 Å². The number of nitrogens with one attached hydrogen (secondary N) is 6. The molecule has 0 radical (unpaired) electrons. The minimum Gasteiger partial charge on any atom is -0.504 e. The van der Waals surface area contributed by atoms with E-state index in [0.29, 0.717) is 17.3 Å². The van der Waals surface area contributed by atoms with Crippen LogP contribution in [0.4, 0.5) is 0 Å². The molecule has 62 heavy (non-hydrogen) atoms. The van der Waals surface area contributed by atoms with Crippen molar-refractivity contribution in [1.82, 2.24) is 31.9 Å². The van der Waals surface area contributed by atoms with Crippen LogP contribution in [0.3, 0.4) is 0 Å². The summed E-state index contributed by atoms with van der Waals surface area (Å²) in [6, 6.07) is 8.12. The van der Waals surface area contributed by atoms with Crippen LogP contribution in [0.5, 0.6) is 34.5 Å². The number of hydrogen-bond acceptors (Lipinski definition) is 15. The lowest BCUT2D eigenvalue weighted by Gasteiger charge is -2.33. The van der Waals surface area contributed by atoms with Gasteiger partial charge in [-0.2, -0.15) is 35.3 Å². The Morgan fingerprint density at radius 3 is 0.984 bits per heavy atom. The van der Waals surface area contributed by atoms with E-state index < -0.39 is 93.5 Å². The van der Waals surface area contributed by atoms with Gasteiger partial charge in [-0.3, -0.25) is 28.8 Å². The lowest BCUT2D eigenvalue weighted by molar-refractivity contribution is -0.124. The fourth-order valence-electron chi connectivity index (χ4n) is 5.82. The van der Waals surface area contributed by atoms with E-state index in [9.17, 15) is 59.4 Å². The van der Waals surface area contributed by atoms with E-state index in [1.54, 1.807) is 6.92 Å². The predicted octanol–water partition coefficient (Wildman–Crippen LogP) is 2.23. The van der Waals surface area contributed by atoms with Gasteiger partial charge >= 0.3 is 0 Å². The quantitative estimate of drug-likeness (QED) is 0.0574. The van der Waals surface area contributed by atoms with Crippen molar-refractivity contribution < 1.29 is 59.4 Å². The van der Waals surface area contributed by atoms with Crippen LogP contribution in [0.2, 0.25) is 0 Å². The number of para-hydroxylation sites is 3. The number of amides is 6. The average Bonchev–Trinajstić information content (AvgIpc) is 3.25. The standard InChI is InChI=1S/C41H54N6O12S3/c1-41(20-42-38(57)26(14-17-60-2)45-35(54)23-8-5-11-29(48)32(23)51,21-43-39(58)27(15-18-61-3)46-36(55)24-9-6-12-30(49)33(24)52)22-44-40(59)28(16-19-62-4)47-37(56)25-10-7-13-31(50)34(25)53/h5-13,26-28,48-53H,14-22H2,1-4H3,(H,42,57)(H,43,58)(H,44,59)(H,45,54)(H,46,55)(H,47,56)/t26-,27-,28-/m0/s1. The summed E-state index contributed by atoms with van der Waals surface area (Å²) in [5, 5.41) is 76.7. The van der Waals surface area contributed by atoms with Crippen molar-refractivity contribution >= 4 is 70.7 Å². The van der Waals surface area contributed by atoms with E-state index in [1.807, 2.05) is 18.8 Å². The fourth-order valence-corrected chi connectivity index (χ4v) is 7.24. The molecule has 0 fully saturated rings. The summed E-state index contributed by atoms with van der Waals surface area (Å²) in [4.78, 5) is 80.7. The van der Waals surface area contributed by atoms with Crippen LogP contribution in [0.15, 0.2) is 54.6 Å². The number of carbonyl (C=O) groups is 6. The lowest BCUT2D eigenvalue weighted by Crippen LogP contribution is -2.56. The van der Waals surface area contributed by atoms with Crippen molar-refractivity contribution in [2.45, 2.75) is 44.3 Å². The van der Waals surface area contributed by atoms with Gasteiger partial charge in [-0.1, -0.05) is 25.1 Å². The molecule has 0 aromatic heterocycles. The number of carbonyl (C=O) groups excluding carboxylic acids is 6. The van der Waals surface area contributed by atoms with Crippen LogP contribution in [0.1, 0.15) is 57.3 Å². The molecule has 338 valence electrons. The van der Waals surface area contributed by atoms with Crippen molar-refractivity contribution in [2.75, 3.05) is 55.7 Å². The summed E-state index contributed by atoms with van der Waals surface area (Å²) < 4.78 is 0. The number of rotatable bonds is 24. The van der Waals surface area contributed by atoms with E-state index in [4.69, 9.17) is 0 Å². The molecule has 0 aliphatic carbocycles. The Morgan fingerprint density at radius 1 is 0.484 bits per heavy atom. The third-order valence-corrected chi connectivity index (χ3v) is 11.5. The Kier molecular flexibility index (Phi) is 20.2. The predicted molar refractivity (Wildman–Crippen MR) is 239 cm³/mol. The summed E-state index contributed by atoms with van der Waals surface area (Å²) in [7, 11) is 0. The second-order valence-corrected chi connectivity index (χ2v) is 17.4. The molecule has 18 nitrogen and oxygen atoms in total. The first-order valence-corrected chi connectivity index (χ1v) is 23.4. The zero-order valence-corrected chi connectivity index (χ0v) is 37.1. The van der Waals surface area contributed by atoms with Gasteiger partial charge in [0.05, 0.1) is 16.7 Å². The lowest BCUT2D eigenvalue weighted by atomic mass is 9.89. The molecular weight excluding hydrogens is 865 g/mol. The zero-order chi connectivity index (χ0) is 46.0. The highest BCUT2D eigenvalue weighted by molar-refractivity contribution is 7.98. The molecule has 0 saturated heterocycles. The SMILES string of the molecule is CSCC[C@H](NC(=O)c1cccc(O)c1O)C(=O)NCC(C)(CNC(=O)[C@H](CCSC)NC(=O)c1cccc(O)c1O)CNC(=O)[C@H](CCSC)NC(=O)c1cccc(O)c1O. The van der Waals surface area contributed by atoms with Crippen LogP contribution < -0.4 is 31.9 Å². The maximum atomic E-state index is 13.8. The van der Waals surface area contributed by atoms with Gasteiger partial charge in [-0.15, -0.1) is 0 Å². The van der Waals surface area contributed by atoms with Crippen molar-refractivity contribution in [2.24, 2.45) is 5.41 Å². The van der Waals surface area contributed by atoms with E-state index >= 15 is 0 Å². The van der Waals surface area contributed by atoms with Crippen LogP contribution in [0, 0.1) is 5.41 Å². The third kappa shape index (κ3) is 14.8. The molecule has 0 saturated carbocycles. The molecule has 0 aliphatic rings. The highest BCUT2D eigenvalue weighted by atomic mass is 32.2. The molecule has 0 spiro atoms. The first-order chi connectivity index (χ1) is 29.5. The highest BCUT2D eigenvalue weighted by Gasteiger charge is 2.33. The van der Waals surface area contributed by atoms with Crippen molar-refractivity contribution in [3.63, 3.8) is 0 Å². The summed E-state index contributed by atoms with van der Waals surface area (Å²) in [6.45, 7) is 1.04. The first kappa shape index (κ1) is 50.7. The molecule has 0 heterocycles. The maximum absolute atomic E-state index is 13.8. The zero-order valence-electron chi connectivity index (χ0n) is 34.6. The number of thioether (sulfide) groups is 3. The number of phenols is 6. The van der Waals surface area contributed by atoms with E-state index in [-0.39, 0.29) is 55.6 Å². The maximum Gasteiger partial charge on any atom is 0.255 e. The van der Waals surface area contributed by atoms with Gasteiger partial charge in [0.2, 0.25) is 17.7 Å². The largest absolute Gasteiger partial charge is 0.504 e. The Balaban J connectivity index is 1.88.